The van der Waals surface area contributed by atoms with E-state index in [1.54, 1.807) is 0 Å². The summed E-state index contributed by atoms with van der Waals surface area (Å²) in [6, 6.07) is 2.26. The van der Waals surface area contributed by atoms with Gasteiger partial charge in [-0.3, -0.25) is 4.79 Å². The first-order valence-corrected chi connectivity index (χ1v) is 11.0. The maximum atomic E-state index is 14.7. The standard InChI is InChI=1S/C18H23F4N3O3S/c19-17(20)7-3-11(4-8-17)13-2-1-6-18(21,22)15(13)16(26)25-12-5-9-24-14(10-12)29(23,27)28/h5,9-11,13,15H,1-4,6-8H2,(H2,23,27,28)(H,24,25,26). The van der Waals surface area contributed by atoms with Gasteiger partial charge in [0.25, 0.3) is 15.9 Å². The number of hydrogen-bond acceptors (Lipinski definition) is 4. The number of primary sulfonamides is 1. The van der Waals surface area contributed by atoms with E-state index >= 15 is 0 Å². The normalized spacial score (nSPS) is 27.3. The number of halogens is 4. The number of nitrogens with zero attached hydrogens (tertiary/aromatic N) is 1. The molecule has 1 aromatic rings. The summed E-state index contributed by atoms with van der Waals surface area (Å²) in [5.41, 5.74) is -0.0238. The SMILES string of the molecule is NS(=O)(=O)c1cc(NC(=O)C2C(C3CCC(F)(F)CC3)CCCC2(F)F)ccn1. The minimum Gasteiger partial charge on any atom is -0.325 e. The summed E-state index contributed by atoms with van der Waals surface area (Å²) in [6.45, 7) is 0. The van der Waals surface area contributed by atoms with Crippen molar-refractivity contribution < 1.29 is 30.8 Å². The Morgan fingerprint density at radius 3 is 2.41 bits per heavy atom. The van der Waals surface area contributed by atoms with E-state index in [0.717, 1.165) is 12.3 Å². The number of hydrogen-bond donors (Lipinski definition) is 2. The minimum atomic E-state index is -4.13. The van der Waals surface area contributed by atoms with Gasteiger partial charge in [0.2, 0.25) is 11.8 Å². The summed E-state index contributed by atoms with van der Waals surface area (Å²) in [7, 11) is -4.13. The van der Waals surface area contributed by atoms with Gasteiger partial charge in [0, 0.05) is 37.2 Å². The van der Waals surface area contributed by atoms with E-state index in [0.29, 0.717) is 6.42 Å². The van der Waals surface area contributed by atoms with Crippen molar-refractivity contribution in [2.45, 2.75) is 61.8 Å². The highest BCUT2D eigenvalue weighted by molar-refractivity contribution is 7.89. The van der Waals surface area contributed by atoms with Gasteiger partial charge in [-0.05, 0) is 43.6 Å². The fourth-order valence-corrected chi connectivity index (χ4v) is 4.96. The van der Waals surface area contributed by atoms with Crippen molar-refractivity contribution in [3.05, 3.63) is 18.3 Å². The molecule has 11 heteroatoms. The number of nitrogens with one attached hydrogen (secondary N) is 1. The zero-order chi connectivity index (χ0) is 21.4. The van der Waals surface area contributed by atoms with Gasteiger partial charge in [0.1, 0.15) is 5.92 Å². The molecule has 1 aromatic heterocycles. The Balaban J connectivity index is 1.81. The lowest BCUT2D eigenvalue weighted by atomic mass is 9.66. The average molecular weight is 437 g/mol. The number of aromatic nitrogens is 1. The number of amides is 1. The zero-order valence-electron chi connectivity index (χ0n) is 15.6. The number of carbonyl (C=O) groups is 1. The lowest BCUT2D eigenvalue weighted by Crippen LogP contribution is -2.48. The van der Waals surface area contributed by atoms with Crippen molar-refractivity contribution in [1.29, 1.82) is 0 Å². The highest BCUT2D eigenvalue weighted by Crippen LogP contribution is 2.50. The van der Waals surface area contributed by atoms with Crippen LogP contribution in [0.3, 0.4) is 0 Å². The van der Waals surface area contributed by atoms with Crippen LogP contribution in [0, 0.1) is 17.8 Å². The molecule has 3 rings (SSSR count). The van der Waals surface area contributed by atoms with Crippen molar-refractivity contribution in [3.63, 3.8) is 0 Å². The molecule has 0 spiro atoms. The number of nitrogens with two attached hydrogens (primary N) is 1. The molecule has 0 radical (unpaired) electrons. The smallest absolute Gasteiger partial charge is 0.259 e. The topological polar surface area (TPSA) is 102 Å². The number of alkyl halides is 4. The van der Waals surface area contributed by atoms with Crippen LogP contribution in [0.15, 0.2) is 23.4 Å². The Morgan fingerprint density at radius 2 is 1.79 bits per heavy atom. The van der Waals surface area contributed by atoms with Crippen LogP contribution in [0.1, 0.15) is 44.9 Å². The minimum absolute atomic E-state index is 0.0238. The van der Waals surface area contributed by atoms with E-state index in [1.165, 1.54) is 6.07 Å². The highest BCUT2D eigenvalue weighted by atomic mass is 32.2. The van der Waals surface area contributed by atoms with E-state index < -0.39 is 51.1 Å². The molecule has 0 saturated heterocycles. The number of pyridine rings is 1. The largest absolute Gasteiger partial charge is 0.325 e. The molecular formula is C18H23F4N3O3S. The van der Waals surface area contributed by atoms with E-state index in [9.17, 15) is 30.8 Å². The van der Waals surface area contributed by atoms with Crippen LogP contribution in [0.5, 0.6) is 0 Å². The van der Waals surface area contributed by atoms with Crippen LogP contribution in [-0.4, -0.2) is 31.2 Å². The highest BCUT2D eigenvalue weighted by Gasteiger charge is 2.54. The van der Waals surface area contributed by atoms with Gasteiger partial charge >= 0.3 is 0 Å². The summed E-state index contributed by atoms with van der Waals surface area (Å²) in [4.78, 5) is 16.4. The molecule has 2 aliphatic rings. The Hall–Kier alpha value is -1.75. The Bertz CT molecular complexity index is 869. The van der Waals surface area contributed by atoms with Gasteiger partial charge in [0.15, 0.2) is 5.03 Å². The van der Waals surface area contributed by atoms with E-state index in [1.807, 2.05) is 0 Å². The van der Waals surface area contributed by atoms with Gasteiger partial charge in [-0.25, -0.2) is 36.1 Å². The molecule has 1 heterocycles. The maximum absolute atomic E-state index is 14.7. The number of sulfonamides is 1. The average Bonchev–Trinajstić information content (AvgIpc) is 2.60. The fraction of sp³-hybridized carbons (Fsp3) is 0.667. The van der Waals surface area contributed by atoms with Gasteiger partial charge in [-0.2, -0.15) is 0 Å². The van der Waals surface area contributed by atoms with E-state index in [2.05, 4.69) is 10.3 Å². The third-order valence-corrected chi connectivity index (χ3v) is 6.68. The van der Waals surface area contributed by atoms with Gasteiger partial charge < -0.3 is 5.32 Å². The van der Waals surface area contributed by atoms with Crippen LogP contribution in [0.2, 0.25) is 0 Å². The first-order valence-electron chi connectivity index (χ1n) is 9.44. The molecule has 29 heavy (non-hydrogen) atoms. The molecule has 0 aliphatic heterocycles. The molecule has 0 bridgehead atoms. The van der Waals surface area contributed by atoms with Crippen molar-refractivity contribution in [2.75, 3.05) is 5.32 Å². The summed E-state index contributed by atoms with van der Waals surface area (Å²) >= 11 is 0. The van der Waals surface area contributed by atoms with E-state index in [4.69, 9.17) is 5.14 Å². The van der Waals surface area contributed by atoms with Crippen LogP contribution in [0.25, 0.3) is 0 Å². The second kappa shape index (κ2) is 7.82. The monoisotopic (exact) mass is 437 g/mol. The molecule has 1 amide bonds. The van der Waals surface area contributed by atoms with Gasteiger partial charge in [-0.15, -0.1) is 0 Å². The molecule has 2 fully saturated rings. The number of rotatable bonds is 4. The van der Waals surface area contributed by atoms with Gasteiger partial charge in [0.05, 0.1) is 0 Å². The van der Waals surface area contributed by atoms with Crippen LogP contribution < -0.4 is 10.5 Å². The Kier molecular flexibility index (Phi) is 5.92. The van der Waals surface area contributed by atoms with Crippen LogP contribution in [0.4, 0.5) is 23.2 Å². The molecule has 6 nitrogen and oxygen atoms in total. The predicted molar refractivity (Wildman–Crippen MR) is 96.9 cm³/mol. The quantitative estimate of drug-likeness (QED) is 0.704. The van der Waals surface area contributed by atoms with Crippen molar-refractivity contribution >= 4 is 21.6 Å². The summed E-state index contributed by atoms with van der Waals surface area (Å²) < 4.78 is 79.2. The summed E-state index contributed by atoms with van der Waals surface area (Å²) in [5.74, 6) is -9.78. The maximum Gasteiger partial charge on any atom is 0.259 e. The lowest BCUT2D eigenvalue weighted by Gasteiger charge is -2.43. The Morgan fingerprint density at radius 1 is 1.14 bits per heavy atom. The van der Waals surface area contributed by atoms with Gasteiger partial charge in [-0.1, -0.05) is 0 Å². The van der Waals surface area contributed by atoms with Crippen LogP contribution >= 0.6 is 0 Å². The second-order valence-electron chi connectivity index (χ2n) is 7.91. The molecule has 162 valence electrons. The van der Waals surface area contributed by atoms with Crippen molar-refractivity contribution in [1.82, 2.24) is 4.98 Å². The van der Waals surface area contributed by atoms with Crippen LogP contribution in [-0.2, 0) is 14.8 Å². The molecule has 3 N–H and O–H groups in total. The Labute approximate surface area is 166 Å². The first kappa shape index (κ1) is 21.9. The predicted octanol–water partition coefficient (Wildman–Crippen LogP) is 3.54. The molecule has 2 aliphatic carbocycles. The lowest BCUT2D eigenvalue weighted by molar-refractivity contribution is -0.155. The summed E-state index contributed by atoms with van der Waals surface area (Å²) in [5, 5.41) is 6.83. The fourth-order valence-electron chi connectivity index (χ4n) is 4.46. The van der Waals surface area contributed by atoms with Crippen molar-refractivity contribution in [2.24, 2.45) is 22.9 Å². The number of carbonyl (C=O) groups excluding carboxylic acids is 1. The molecule has 2 saturated carbocycles. The first-order chi connectivity index (χ1) is 13.4. The molecule has 0 aromatic carbocycles. The van der Waals surface area contributed by atoms with Crippen molar-refractivity contribution in [3.8, 4) is 0 Å². The zero-order valence-corrected chi connectivity index (χ0v) is 16.4. The van der Waals surface area contributed by atoms with E-state index in [-0.39, 0.29) is 43.7 Å². The molecule has 2 unspecified atom stereocenters. The molecular weight excluding hydrogens is 414 g/mol. The summed E-state index contributed by atoms with van der Waals surface area (Å²) in [6.07, 6.45) is 0.692. The molecule has 2 atom stereocenters. The second-order valence-corrected chi connectivity index (χ2v) is 9.41. The number of anilines is 1. The third-order valence-electron chi connectivity index (χ3n) is 5.87. The third kappa shape index (κ3) is 5.06.